The molecule has 0 amide bonds. The predicted molar refractivity (Wildman–Crippen MR) is 84.0 cm³/mol. The molecule has 0 spiro atoms. The normalized spacial score (nSPS) is 17.3. The van der Waals surface area contributed by atoms with Crippen molar-refractivity contribution in [2.24, 2.45) is 0 Å². The SMILES string of the molecule is Fc1cccc(N(OC2CCOC2)c2ncc3nccnc3n2)c1. The molecule has 1 aromatic carbocycles. The van der Waals surface area contributed by atoms with Crippen LogP contribution in [0.4, 0.5) is 16.0 Å². The van der Waals surface area contributed by atoms with Crippen LogP contribution in [0.25, 0.3) is 11.2 Å². The molecule has 1 unspecified atom stereocenters. The van der Waals surface area contributed by atoms with Gasteiger partial charge in [-0.15, -0.1) is 0 Å². The monoisotopic (exact) mass is 327 g/mol. The van der Waals surface area contributed by atoms with E-state index < -0.39 is 0 Å². The molecule has 7 nitrogen and oxygen atoms in total. The third-order valence-electron chi connectivity index (χ3n) is 3.58. The molecule has 3 aromatic rings. The van der Waals surface area contributed by atoms with Crippen LogP contribution >= 0.6 is 0 Å². The second-order valence-electron chi connectivity index (χ2n) is 5.30. The van der Waals surface area contributed by atoms with Crippen LogP contribution in [-0.2, 0) is 9.57 Å². The van der Waals surface area contributed by atoms with Gasteiger partial charge in [0.15, 0.2) is 5.65 Å². The van der Waals surface area contributed by atoms with Crippen LogP contribution in [0, 0.1) is 5.82 Å². The molecule has 1 atom stereocenters. The molecule has 0 bridgehead atoms. The van der Waals surface area contributed by atoms with E-state index in [9.17, 15) is 4.39 Å². The first kappa shape index (κ1) is 14.9. The molecule has 1 fully saturated rings. The van der Waals surface area contributed by atoms with Crippen LogP contribution in [0.3, 0.4) is 0 Å². The van der Waals surface area contributed by atoms with Gasteiger partial charge in [0, 0.05) is 31.5 Å². The fourth-order valence-electron chi connectivity index (χ4n) is 2.43. The molecule has 0 radical (unpaired) electrons. The molecule has 122 valence electrons. The van der Waals surface area contributed by atoms with Gasteiger partial charge in [-0.1, -0.05) is 6.07 Å². The Balaban J connectivity index is 1.74. The Morgan fingerprint density at radius 1 is 1.21 bits per heavy atom. The molecule has 24 heavy (non-hydrogen) atoms. The van der Waals surface area contributed by atoms with Gasteiger partial charge in [0.25, 0.3) is 5.95 Å². The summed E-state index contributed by atoms with van der Waals surface area (Å²) < 4.78 is 19.0. The Morgan fingerprint density at radius 2 is 2.12 bits per heavy atom. The second kappa shape index (κ2) is 6.42. The van der Waals surface area contributed by atoms with Crippen molar-refractivity contribution in [2.75, 3.05) is 18.3 Å². The molecule has 1 saturated heterocycles. The highest BCUT2D eigenvalue weighted by atomic mass is 19.1. The zero-order valence-corrected chi connectivity index (χ0v) is 12.7. The number of fused-ring (bicyclic) bond motifs is 1. The van der Waals surface area contributed by atoms with E-state index in [4.69, 9.17) is 9.57 Å². The van der Waals surface area contributed by atoms with E-state index in [1.807, 2.05) is 0 Å². The summed E-state index contributed by atoms with van der Waals surface area (Å²) in [5.74, 6) is -0.107. The lowest BCUT2D eigenvalue weighted by Gasteiger charge is -2.24. The highest BCUT2D eigenvalue weighted by molar-refractivity contribution is 5.70. The maximum absolute atomic E-state index is 13.6. The first-order valence-electron chi connectivity index (χ1n) is 7.53. The standard InChI is InChI=1S/C16H14FN5O2/c17-11-2-1-3-12(8-11)22(24-13-4-7-23-10-13)16-20-9-14-15(21-16)19-6-5-18-14/h1-3,5-6,8-9,13H,4,7,10H2. The smallest absolute Gasteiger partial charge is 0.256 e. The topological polar surface area (TPSA) is 73.3 Å². The van der Waals surface area contributed by atoms with Crippen molar-refractivity contribution >= 4 is 22.8 Å². The fourth-order valence-corrected chi connectivity index (χ4v) is 2.43. The van der Waals surface area contributed by atoms with E-state index in [1.54, 1.807) is 30.7 Å². The number of halogens is 1. The van der Waals surface area contributed by atoms with Crippen LogP contribution in [0.2, 0.25) is 0 Å². The summed E-state index contributed by atoms with van der Waals surface area (Å²) >= 11 is 0. The highest BCUT2D eigenvalue weighted by Crippen LogP contribution is 2.26. The van der Waals surface area contributed by atoms with Gasteiger partial charge in [-0.2, -0.15) is 10.0 Å². The van der Waals surface area contributed by atoms with Gasteiger partial charge in [-0.25, -0.2) is 19.3 Å². The quantitative estimate of drug-likeness (QED) is 0.681. The van der Waals surface area contributed by atoms with Crippen LogP contribution in [0.15, 0.2) is 42.9 Å². The van der Waals surface area contributed by atoms with Gasteiger partial charge in [-0.05, 0) is 12.1 Å². The molecule has 1 aliphatic rings. The lowest BCUT2D eigenvalue weighted by molar-refractivity contribution is 0.0407. The van der Waals surface area contributed by atoms with E-state index >= 15 is 0 Å². The molecule has 3 heterocycles. The molecule has 0 N–H and O–H groups in total. The number of nitrogens with zero attached hydrogens (tertiary/aromatic N) is 5. The predicted octanol–water partition coefficient (Wildman–Crippen LogP) is 2.42. The lowest BCUT2D eigenvalue weighted by atomic mass is 10.3. The number of anilines is 2. The fraction of sp³-hybridized carbons (Fsp3) is 0.250. The second-order valence-corrected chi connectivity index (χ2v) is 5.30. The van der Waals surface area contributed by atoms with Crippen LogP contribution in [0.5, 0.6) is 0 Å². The van der Waals surface area contributed by atoms with Gasteiger partial charge in [0.2, 0.25) is 0 Å². The lowest BCUT2D eigenvalue weighted by Crippen LogP contribution is -2.27. The summed E-state index contributed by atoms with van der Waals surface area (Å²) in [6.07, 6.45) is 5.29. The van der Waals surface area contributed by atoms with Crippen LogP contribution < -0.4 is 5.06 Å². The summed E-state index contributed by atoms with van der Waals surface area (Å²) in [5, 5.41) is 1.41. The molecule has 1 aliphatic heterocycles. The average molecular weight is 327 g/mol. The van der Waals surface area contributed by atoms with E-state index in [-0.39, 0.29) is 17.9 Å². The maximum Gasteiger partial charge on any atom is 0.256 e. The van der Waals surface area contributed by atoms with Crippen molar-refractivity contribution in [1.29, 1.82) is 0 Å². The largest absolute Gasteiger partial charge is 0.379 e. The number of aromatic nitrogens is 4. The zero-order valence-electron chi connectivity index (χ0n) is 12.7. The van der Waals surface area contributed by atoms with Crippen molar-refractivity contribution in [3.63, 3.8) is 0 Å². The van der Waals surface area contributed by atoms with E-state index in [0.29, 0.717) is 30.1 Å². The Bertz CT molecular complexity index is 857. The Kier molecular flexibility index (Phi) is 3.97. The molecule has 2 aromatic heterocycles. The summed E-state index contributed by atoms with van der Waals surface area (Å²) in [7, 11) is 0. The Labute approximate surface area is 137 Å². The van der Waals surface area contributed by atoms with Crippen LogP contribution in [0.1, 0.15) is 6.42 Å². The summed E-state index contributed by atoms with van der Waals surface area (Å²) in [4.78, 5) is 22.9. The van der Waals surface area contributed by atoms with E-state index in [1.165, 1.54) is 17.2 Å². The first-order chi connectivity index (χ1) is 11.8. The van der Waals surface area contributed by atoms with Gasteiger partial charge >= 0.3 is 0 Å². The Hall–Kier alpha value is -2.71. The van der Waals surface area contributed by atoms with Crippen molar-refractivity contribution in [3.05, 3.63) is 48.7 Å². The van der Waals surface area contributed by atoms with Crippen molar-refractivity contribution < 1.29 is 14.0 Å². The molecule has 0 aliphatic carbocycles. The van der Waals surface area contributed by atoms with Gasteiger partial charge < -0.3 is 4.74 Å². The zero-order chi connectivity index (χ0) is 16.4. The molecule has 4 rings (SSSR count). The average Bonchev–Trinajstić information content (AvgIpc) is 3.12. The number of benzene rings is 1. The summed E-state index contributed by atoms with van der Waals surface area (Å²) in [6.45, 7) is 1.10. The number of hydrogen-bond donors (Lipinski definition) is 0. The molecular weight excluding hydrogens is 313 g/mol. The maximum atomic E-state index is 13.6. The van der Waals surface area contributed by atoms with Crippen molar-refractivity contribution in [1.82, 2.24) is 19.9 Å². The van der Waals surface area contributed by atoms with Crippen molar-refractivity contribution in [2.45, 2.75) is 12.5 Å². The number of rotatable bonds is 4. The molecule has 0 saturated carbocycles. The summed E-state index contributed by atoms with van der Waals surface area (Å²) in [6, 6.07) is 6.06. The highest BCUT2D eigenvalue weighted by Gasteiger charge is 2.24. The number of ether oxygens (including phenoxy) is 1. The van der Waals surface area contributed by atoms with Crippen LogP contribution in [-0.4, -0.2) is 39.3 Å². The molecule has 8 heteroatoms. The third kappa shape index (κ3) is 3.01. The van der Waals surface area contributed by atoms with Gasteiger partial charge in [0.05, 0.1) is 18.5 Å². The summed E-state index contributed by atoms with van der Waals surface area (Å²) in [5.41, 5.74) is 1.50. The Morgan fingerprint density at radius 3 is 2.96 bits per heavy atom. The van der Waals surface area contributed by atoms with Gasteiger partial charge in [0.1, 0.15) is 17.4 Å². The minimum atomic E-state index is -0.371. The van der Waals surface area contributed by atoms with E-state index in [0.717, 1.165) is 6.42 Å². The molecular formula is C16H14FN5O2. The van der Waals surface area contributed by atoms with Crippen molar-refractivity contribution in [3.8, 4) is 0 Å². The van der Waals surface area contributed by atoms with Gasteiger partial charge in [-0.3, -0.25) is 4.84 Å². The third-order valence-corrected chi connectivity index (χ3v) is 3.58. The number of hydrogen-bond acceptors (Lipinski definition) is 7. The first-order valence-corrected chi connectivity index (χ1v) is 7.53. The minimum Gasteiger partial charge on any atom is -0.379 e. The minimum absolute atomic E-state index is 0.144. The van der Waals surface area contributed by atoms with E-state index in [2.05, 4.69) is 19.9 Å².